The van der Waals surface area contributed by atoms with Crippen molar-refractivity contribution in [2.45, 2.75) is 6.42 Å². The largest absolute Gasteiger partial charge is 0.294 e. The molecule has 3 aromatic rings. The molecule has 0 aliphatic rings. The second-order valence-electron chi connectivity index (χ2n) is 4.48. The Morgan fingerprint density at radius 3 is 2.85 bits per heavy atom. The van der Waals surface area contributed by atoms with Crippen LogP contribution in [0, 0.1) is 0 Å². The maximum atomic E-state index is 12.3. The molecular weight excluding hydrogens is 316 g/mol. The van der Waals surface area contributed by atoms with E-state index in [9.17, 15) is 4.79 Å². The second-order valence-corrected chi connectivity index (χ2v) is 5.39. The molecule has 2 heterocycles. The molecular formula is C16H11BrN2O. The van der Waals surface area contributed by atoms with Gasteiger partial charge in [-0.2, -0.15) is 0 Å². The summed E-state index contributed by atoms with van der Waals surface area (Å²) >= 11 is 3.33. The van der Waals surface area contributed by atoms with Gasteiger partial charge in [0.05, 0.1) is 5.52 Å². The van der Waals surface area contributed by atoms with Gasteiger partial charge in [-0.3, -0.25) is 14.8 Å². The molecule has 20 heavy (non-hydrogen) atoms. The highest BCUT2D eigenvalue weighted by molar-refractivity contribution is 9.10. The van der Waals surface area contributed by atoms with Crippen molar-refractivity contribution in [1.29, 1.82) is 0 Å². The smallest absolute Gasteiger partial charge is 0.168 e. The fourth-order valence-electron chi connectivity index (χ4n) is 2.15. The van der Waals surface area contributed by atoms with Crippen LogP contribution in [0.5, 0.6) is 0 Å². The van der Waals surface area contributed by atoms with E-state index in [1.165, 1.54) is 0 Å². The average molecular weight is 327 g/mol. The molecule has 0 saturated carbocycles. The van der Waals surface area contributed by atoms with Crippen LogP contribution >= 0.6 is 15.9 Å². The fourth-order valence-corrected chi connectivity index (χ4v) is 2.51. The normalized spacial score (nSPS) is 10.7. The van der Waals surface area contributed by atoms with Gasteiger partial charge in [0.15, 0.2) is 5.78 Å². The van der Waals surface area contributed by atoms with Gasteiger partial charge in [0.1, 0.15) is 0 Å². The number of carbonyl (C=O) groups excluding carboxylic acids is 1. The van der Waals surface area contributed by atoms with Crippen LogP contribution in [0.4, 0.5) is 0 Å². The number of hydrogen-bond donors (Lipinski definition) is 0. The van der Waals surface area contributed by atoms with Crippen LogP contribution < -0.4 is 0 Å². The van der Waals surface area contributed by atoms with Gasteiger partial charge in [-0.05, 0) is 39.7 Å². The molecule has 0 spiro atoms. The Bertz CT molecular complexity index is 781. The first-order valence-corrected chi connectivity index (χ1v) is 7.00. The van der Waals surface area contributed by atoms with Gasteiger partial charge < -0.3 is 0 Å². The van der Waals surface area contributed by atoms with Gasteiger partial charge in [-0.25, -0.2) is 0 Å². The van der Waals surface area contributed by atoms with Crippen molar-refractivity contribution < 1.29 is 4.79 Å². The Kier molecular flexibility index (Phi) is 3.56. The number of nitrogens with zero attached hydrogens (tertiary/aromatic N) is 2. The van der Waals surface area contributed by atoms with Crippen molar-refractivity contribution in [3.8, 4) is 0 Å². The lowest BCUT2D eigenvalue weighted by Crippen LogP contribution is -2.04. The lowest BCUT2D eigenvalue weighted by Gasteiger charge is -2.05. The summed E-state index contributed by atoms with van der Waals surface area (Å²) in [4.78, 5) is 20.7. The number of benzene rings is 1. The zero-order chi connectivity index (χ0) is 13.9. The number of aromatic nitrogens is 2. The number of carbonyl (C=O) groups is 1. The Hall–Kier alpha value is -2.07. The summed E-state index contributed by atoms with van der Waals surface area (Å²) in [5, 5.41) is 1.02. The van der Waals surface area contributed by atoms with Crippen molar-refractivity contribution in [3.63, 3.8) is 0 Å². The Balaban J connectivity index is 1.95. The average Bonchev–Trinajstić information content (AvgIpc) is 2.47. The quantitative estimate of drug-likeness (QED) is 0.687. The molecule has 3 rings (SSSR count). The number of ketones is 1. The highest BCUT2D eigenvalue weighted by Gasteiger charge is 2.10. The summed E-state index contributed by atoms with van der Waals surface area (Å²) < 4.78 is 0.808. The third-order valence-electron chi connectivity index (χ3n) is 3.12. The molecule has 0 unspecified atom stereocenters. The van der Waals surface area contributed by atoms with Crippen LogP contribution in [0.15, 0.2) is 59.5 Å². The second kappa shape index (κ2) is 5.51. The van der Waals surface area contributed by atoms with Crippen molar-refractivity contribution in [2.24, 2.45) is 0 Å². The summed E-state index contributed by atoms with van der Waals surface area (Å²) in [6.45, 7) is 0. The topological polar surface area (TPSA) is 42.9 Å². The van der Waals surface area contributed by atoms with Gasteiger partial charge in [0, 0.05) is 40.4 Å². The monoisotopic (exact) mass is 326 g/mol. The summed E-state index contributed by atoms with van der Waals surface area (Å²) in [5.74, 6) is 0.0511. The van der Waals surface area contributed by atoms with Gasteiger partial charge >= 0.3 is 0 Å². The highest BCUT2D eigenvalue weighted by Crippen LogP contribution is 2.19. The molecule has 0 bridgehead atoms. The first kappa shape index (κ1) is 12.9. The number of halogens is 1. The van der Waals surface area contributed by atoms with E-state index in [0.717, 1.165) is 20.9 Å². The molecule has 1 aromatic carbocycles. The first-order chi connectivity index (χ1) is 9.74. The first-order valence-electron chi connectivity index (χ1n) is 6.20. The minimum Gasteiger partial charge on any atom is -0.294 e. The van der Waals surface area contributed by atoms with Crippen LogP contribution in [-0.2, 0) is 6.42 Å². The van der Waals surface area contributed by atoms with E-state index in [1.807, 2.05) is 30.3 Å². The number of Topliss-reactive ketones (excluding diaryl/α,β-unsaturated/α-hetero) is 1. The van der Waals surface area contributed by atoms with Crippen molar-refractivity contribution in [3.05, 3.63) is 70.6 Å². The van der Waals surface area contributed by atoms with E-state index in [0.29, 0.717) is 12.0 Å². The number of rotatable bonds is 3. The van der Waals surface area contributed by atoms with Gasteiger partial charge in [-0.15, -0.1) is 0 Å². The molecule has 0 radical (unpaired) electrons. The maximum absolute atomic E-state index is 12.3. The number of para-hydroxylation sites is 1. The zero-order valence-corrected chi connectivity index (χ0v) is 12.2. The lowest BCUT2D eigenvalue weighted by atomic mass is 10.0. The molecule has 0 fully saturated rings. The SMILES string of the molecule is O=C(Cc1ccnc2ccccc12)c1cncc(Br)c1. The molecule has 0 saturated heterocycles. The van der Waals surface area contributed by atoms with Crippen LogP contribution in [0.3, 0.4) is 0 Å². The van der Waals surface area contributed by atoms with E-state index in [-0.39, 0.29) is 5.78 Å². The molecule has 0 aliphatic heterocycles. The fraction of sp³-hybridized carbons (Fsp3) is 0.0625. The van der Waals surface area contributed by atoms with E-state index >= 15 is 0 Å². The lowest BCUT2D eigenvalue weighted by molar-refractivity contribution is 0.0993. The Morgan fingerprint density at radius 1 is 1.15 bits per heavy atom. The van der Waals surface area contributed by atoms with E-state index in [4.69, 9.17) is 0 Å². The molecule has 0 atom stereocenters. The molecule has 3 nitrogen and oxygen atoms in total. The molecule has 2 aromatic heterocycles. The van der Waals surface area contributed by atoms with Crippen LogP contribution in [-0.4, -0.2) is 15.8 Å². The van der Waals surface area contributed by atoms with Crippen molar-refractivity contribution in [2.75, 3.05) is 0 Å². The van der Waals surface area contributed by atoms with Gasteiger partial charge in [-0.1, -0.05) is 18.2 Å². The van der Waals surface area contributed by atoms with E-state index in [2.05, 4.69) is 25.9 Å². The highest BCUT2D eigenvalue weighted by atomic mass is 79.9. The standard InChI is InChI=1S/C16H11BrN2O/c17-13-7-12(9-18-10-13)16(20)8-11-5-6-19-15-4-2-1-3-14(11)15/h1-7,9-10H,8H2. The third kappa shape index (κ3) is 2.60. The Labute approximate surface area is 124 Å². The molecule has 4 heteroatoms. The Morgan fingerprint density at radius 2 is 2.00 bits per heavy atom. The molecule has 0 aliphatic carbocycles. The minimum atomic E-state index is 0.0511. The summed E-state index contributed by atoms with van der Waals surface area (Å²) in [6, 6.07) is 11.5. The van der Waals surface area contributed by atoms with E-state index in [1.54, 1.807) is 24.7 Å². The van der Waals surface area contributed by atoms with E-state index < -0.39 is 0 Å². The van der Waals surface area contributed by atoms with Gasteiger partial charge in [0.25, 0.3) is 0 Å². The predicted molar refractivity (Wildman–Crippen MR) is 81.7 cm³/mol. The molecule has 0 amide bonds. The van der Waals surface area contributed by atoms with Crippen LogP contribution in [0.25, 0.3) is 10.9 Å². The third-order valence-corrected chi connectivity index (χ3v) is 3.55. The maximum Gasteiger partial charge on any atom is 0.168 e. The van der Waals surface area contributed by atoms with Crippen LogP contribution in [0.1, 0.15) is 15.9 Å². The number of pyridine rings is 2. The number of hydrogen-bond acceptors (Lipinski definition) is 3. The van der Waals surface area contributed by atoms with Crippen molar-refractivity contribution >= 4 is 32.6 Å². The van der Waals surface area contributed by atoms with Gasteiger partial charge in [0.2, 0.25) is 0 Å². The minimum absolute atomic E-state index is 0.0511. The predicted octanol–water partition coefficient (Wildman–Crippen LogP) is 3.82. The number of fused-ring (bicyclic) bond motifs is 1. The van der Waals surface area contributed by atoms with Crippen LogP contribution in [0.2, 0.25) is 0 Å². The summed E-state index contributed by atoms with van der Waals surface area (Å²) in [7, 11) is 0. The summed E-state index contributed by atoms with van der Waals surface area (Å²) in [5.41, 5.74) is 2.51. The molecule has 0 N–H and O–H groups in total. The summed E-state index contributed by atoms with van der Waals surface area (Å²) in [6.07, 6.45) is 5.35. The zero-order valence-electron chi connectivity index (χ0n) is 10.6. The molecule has 98 valence electrons. The van der Waals surface area contributed by atoms with Crippen molar-refractivity contribution in [1.82, 2.24) is 9.97 Å².